The van der Waals surface area contributed by atoms with Crippen molar-refractivity contribution in [2.45, 2.75) is 19.1 Å². The molecule has 1 N–H and O–H groups in total. The van der Waals surface area contributed by atoms with Crippen LogP contribution in [0.3, 0.4) is 0 Å². The van der Waals surface area contributed by atoms with Crippen LogP contribution in [-0.2, 0) is 4.74 Å². The Kier molecular flexibility index (Phi) is 1.80. The van der Waals surface area contributed by atoms with Crippen LogP contribution in [0.5, 0.6) is 0 Å². The number of nitrogens with zero attached hydrogens (tertiary/aromatic N) is 1. The van der Waals surface area contributed by atoms with Crippen molar-refractivity contribution in [3.63, 3.8) is 0 Å². The summed E-state index contributed by atoms with van der Waals surface area (Å²) in [4.78, 5) is 12.2. The lowest BCUT2D eigenvalue weighted by Crippen LogP contribution is -2.35. The third-order valence-electron chi connectivity index (χ3n) is 1.80. The number of ether oxygens (including phenoxy) is 1. The third kappa shape index (κ3) is 0.945. The average molecular weight is 145 g/mol. The lowest BCUT2D eigenvalue weighted by atomic mass is 10.2. The Bertz CT molecular complexity index is 148. The number of cyclic esters (lactones) is 1. The summed E-state index contributed by atoms with van der Waals surface area (Å²) in [6.45, 7) is 1.73. The van der Waals surface area contributed by atoms with E-state index in [4.69, 9.17) is 9.84 Å². The lowest BCUT2D eigenvalue weighted by Gasteiger charge is -2.15. The number of carbonyl (C=O) groups excluding carboxylic acids is 1. The topological polar surface area (TPSA) is 49.8 Å². The van der Waals surface area contributed by atoms with E-state index in [1.165, 1.54) is 4.90 Å². The van der Waals surface area contributed by atoms with E-state index in [0.717, 1.165) is 0 Å². The van der Waals surface area contributed by atoms with E-state index in [1.807, 2.05) is 0 Å². The van der Waals surface area contributed by atoms with E-state index in [1.54, 1.807) is 14.0 Å². The monoisotopic (exact) mass is 145 g/mol. The van der Waals surface area contributed by atoms with Gasteiger partial charge in [-0.05, 0) is 6.92 Å². The van der Waals surface area contributed by atoms with Crippen LogP contribution >= 0.6 is 0 Å². The highest BCUT2D eigenvalue weighted by Crippen LogP contribution is 2.15. The molecule has 2 unspecified atom stereocenters. The van der Waals surface area contributed by atoms with Crippen LogP contribution in [0, 0.1) is 0 Å². The second kappa shape index (κ2) is 2.46. The lowest BCUT2D eigenvalue weighted by molar-refractivity contribution is 0.129. The Labute approximate surface area is 59.4 Å². The number of hydrogen-bond donors (Lipinski definition) is 1. The average Bonchev–Trinajstić information content (AvgIpc) is 2.09. The molecule has 0 aromatic carbocycles. The molecule has 0 bridgehead atoms. The molecule has 2 atom stereocenters. The maximum Gasteiger partial charge on any atom is 0.410 e. The van der Waals surface area contributed by atoms with Crippen molar-refractivity contribution in [2.24, 2.45) is 0 Å². The molecule has 0 saturated carbocycles. The molecule has 0 aliphatic carbocycles. The Morgan fingerprint density at radius 2 is 2.40 bits per heavy atom. The van der Waals surface area contributed by atoms with E-state index < -0.39 is 0 Å². The van der Waals surface area contributed by atoms with Gasteiger partial charge in [0.1, 0.15) is 6.10 Å². The summed E-state index contributed by atoms with van der Waals surface area (Å²) in [6.07, 6.45) is -0.547. The fraction of sp³-hybridized carbons (Fsp3) is 0.833. The van der Waals surface area contributed by atoms with Crippen molar-refractivity contribution in [3.05, 3.63) is 0 Å². The molecule has 0 aromatic rings. The van der Waals surface area contributed by atoms with E-state index >= 15 is 0 Å². The zero-order valence-corrected chi connectivity index (χ0v) is 6.07. The molecule has 0 radical (unpaired) electrons. The molecular weight excluding hydrogens is 134 g/mol. The van der Waals surface area contributed by atoms with Gasteiger partial charge in [-0.3, -0.25) is 0 Å². The van der Waals surface area contributed by atoms with Gasteiger partial charge < -0.3 is 14.7 Å². The van der Waals surface area contributed by atoms with Crippen LogP contribution < -0.4 is 0 Å². The molecule has 1 amide bonds. The van der Waals surface area contributed by atoms with Crippen molar-refractivity contribution in [2.75, 3.05) is 13.7 Å². The molecule has 1 saturated heterocycles. The standard InChI is InChI=1S/C6H11NO3/c1-4-5(3-8)7(2)6(9)10-4/h4-5,8H,3H2,1-2H3. The van der Waals surface area contributed by atoms with Gasteiger partial charge in [0.2, 0.25) is 0 Å². The Morgan fingerprint density at radius 3 is 2.60 bits per heavy atom. The summed E-state index contributed by atoms with van der Waals surface area (Å²) in [5.41, 5.74) is 0. The predicted molar refractivity (Wildman–Crippen MR) is 34.6 cm³/mol. The second-order valence-electron chi connectivity index (χ2n) is 2.45. The minimum absolute atomic E-state index is 0.0383. The van der Waals surface area contributed by atoms with Crippen molar-refractivity contribution in [3.8, 4) is 0 Å². The first-order chi connectivity index (χ1) is 4.66. The van der Waals surface area contributed by atoms with Gasteiger partial charge in [-0.1, -0.05) is 0 Å². The number of rotatable bonds is 1. The number of hydrogen-bond acceptors (Lipinski definition) is 3. The van der Waals surface area contributed by atoms with Gasteiger partial charge >= 0.3 is 6.09 Å². The molecule has 10 heavy (non-hydrogen) atoms. The number of carbonyl (C=O) groups is 1. The number of amides is 1. The molecular formula is C6H11NO3. The van der Waals surface area contributed by atoms with Crippen molar-refractivity contribution in [1.82, 2.24) is 4.90 Å². The van der Waals surface area contributed by atoms with Gasteiger partial charge in [0.05, 0.1) is 12.6 Å². The van der Waals surface area contributed by atoms with E-state index in [9.17, 15) is 4.79 Å². The maximum atomic E-state index is 10.7. The zero-order chi connectivity index (χ0) is 7.72. The highest BCUT2D eigenvalue weighted by atomic mass is 16.6. The number of likely N-dealkylation sites (N-methyl/N-ethyl adjacent to an activating group) is 1. The number of aliphatic hydroxyl groups is 1. The zero-order valence-electron chi connectivity index (χ0n) is 6.07. The van der Waals surface area contributed by atoms with Crippen LogP contribution in [0.4, 0.5) is 4.79 Å². The summed E-state index contributed by atoms with van der Waals surface area (Å²) >= 11 is 0. The molecule has 1 heterocycles. The van der Waals surface area contributed by atoms with Gasteiger partial charge in [0.15, 0.2) is 0 Å². The second-order valence-corrected chi connectivity index (χ2v) is 2.45. The summed E-state index contributed by atoms with van der Waals surface area (Å²) in [5, 5.41) is 8.75. The Hall–Kier alpha value is -0.770. The van der Waals surface area contributed by atoms with Gasteiger partial charge in [-0.15, -0.1) is 0 Å². The van der Waals surface area contributed by atoms with E-state index in [2.05, 4.69) is 0 Å². The van der Waals surface area contributed by atoms with Gasteiger partial charge in [0.25, 0.3) is 0 Å². The first kappa shape index (κ1) is 7.34. The smallest absolute Gasteiger partial charge is 0.410 e. The van der Waals surface area contributed by atoms with Gasteiger partial charge in [-0.2, -0.15) is 0 Å². The largest absolute Gasteiger partial charge is 0.444 e. The van der Waals surface area contributed by atoms with Crippen LogP contribution in [0.1, 0.15) is 6.92 Å². The minimum atomic E-state index is -0.355. The molecule has 0 aromatic heterocycles. The van der Waals surface area contributed by atoms with Gasteiger partial charge in [-0.25, -0.2) is 4.79 Å². The van der Waals surface area contributed by atoms with Crippen LogP contribution in [-0.4, -0.2) is 41.9 Å². The van der Waals surface area contributed by atoms with Crippen LogP contribution in [0.2, 0.25) is 0 Å². The Balaban J connectivity index is 2.64. The quantitative estimate of drug-likeness (QED) is 0.556. The molecule has 4 nitrogen and oxygen atoms in total. The number of aliphatic hydroxyl groups excluding tert-OH is 1. The van der Waals surface area contributed by atoms with Crippen molar-refractivity contribution in [1.29, 1.82) is 0 Å². The third-order valence-corrected chi connectivity index (χ3v) is 1.80. The maximum absolute atomic E-state index is 10.7. The summed E-state index contributed by atoms with van der Waals surface area (Å²) in [7, 11) is 1.62. The molecule has 58 valence electrons. The first-order valence-electron chi connectivity index (χ1n) is 3.21. The fourth-order valence-corrected chi connectivity index (χ4v) is 1.04. The van der Waals surface area contributed by atoms with Crippen LogP contribution in [0.15, 0.2) is 0 Å². The summed E-state index contributed by atoms with van der Waals surface area (Å²) in [5.74, 6) is 0. The van der Waals surface area contributed by atoms with Crippen LogP contribution in [0.25, 0.3) is 0 Å². The molecule has 1 aliphatic heterocycles. The Morgan fingerprint density at radius 1 is 1.80 bits per heavy atom. The molecule has 1 rings (SSSR count). The fourth-order valence-electron chi connectivity index (χ4n) is 1.04. The predicted octanol–water partition coefficient (Wildman–Crippen LogP) is -0.182. The highest BCUT2D eigenvalue weighted by molar-refractivity contribution is 5.70. The first-order valence-corrected chi connectivity index (χ1v) is 3.21. The SMILES string of the molecule is CC1OC(=O)N(C)C1CO. The molecule has 4 heteroatoms. The minimum Gasteiger partial charge on any atom is -0.444 e. The highest BCUT2D eigenvalue weighted by Gasteiger charge is 2.35. The summed E-state index contributed by atoms with van der Waals surface area (Å²) in [6, 6.07) is -0.174. The molecule has 0 spiro atoms. The molecule has 1 fully saturated rings. The van der Waals surface area contributed by atoms with E-state index in [0.29, 0.717) is 0 Å². The summed E-state index contributed by atoms with van der Waals surface area (Å²) < 4.78 is 4.80. The van der Waals surface area contributed by atoms with E-state index in [-0.39, 0.29) is 24.8 Å². The van der Waals surface area contributed by atoms with Crippen molar-refractivity contribution >= 4 is 6.09 Å². The van der Waals surface area contributed by atoms with Crippen molar-refractivity contribution < 1.29 is 14.6 Å². The molecule has 1 aliphatic rings. The van der Waals surface area contributed by atoms with Gasteiger partial charge in [0, 0.05) is 7.05 Å². The normalized spacial score (nSPS) is 32.7.